The summed E-state index contributed by atoms with van der Waals surface area (Å²) < 4.78 is 56.3. The average molecular weight is 490 g/mol. The Labute approximate surface area is 197 Å². The van der Waals surface area contributed by atoms with Crippen LogP contribution in [-0.2, 0) is 11.0 Å². The molecule has 2 aliphatic rings. The molecule has 1 N–H and O–H groups in total. The third kappa shape index (κ3) is 4.52. The van der Waals surface area contributed by atoms with Crippen molar-refractivity contribution in [1.29, 1.82) is 0 Å². The molecular formula is C23H22F4N6O2. The molecule has 2 saturated heterocycles. The lowest BCUT2D eigenvalue weighted by molar-refractivity contribution is -0.138. The van der Waals surface area contributed by atoms with Crippen LogP contribution in [-0.4, -0.2) is 50.9 Å². The molecule has 3 aromatic rings. The second kappa shape index (κ2) is 8.82. The summed E-state index contributed by atoms with van der Waals surface area (Å²) in [7, 11) is 0. The second-order valence-electron chi connectivity index (χ2n) is 8.69. The van der Waals surface area contributed by atoms with Crippen LogP contribution >= 0.6 is 0 Å². The number of benzene rings is 1. The number of ketones is 1. The predicted molar refractivity (Wildman–Crippen MR) is 119 cm³/mol. The first-order valence-corrected chi connectivity index (χ1v) is 11.3. The van der Waals surface area contributed by atoms with E-state index in [9.17, 15) is 27.2 Å². The van der Waals surface area contributed by atoms with Crippen molar-refractivity contribution >= 4 is 29.0 Å². The van der Waals surface area contributed by atoms with Gasteiger partial charge in [-0.1, -0.05) is 0 Å². The molecule has 8 nitrogen and oxygen atoms in total. The second-order valence-corrected chi connectivity index (χ2v) is 8.69. The van der Waals surface area contributed by atoms with Crippen molar-refractivity contribution in [2.75, 3.05) is 29.9 Å². The van der Waals surface area contributed by atoms with Gasteiger partial charge in [-0.3, -0.25) is 4.79 Å². The van der Waals surface area contributed by atoms with E-state index in [1.165, 1.54) is 15.6 Å². The first-order valence-electron chi connectivity index (χ1n) is 11.3. The fraction of sp³-hybridized carbons (Fsp3) is 0.391. The number of fused-ring (bicyclic) bond motifs is 1. The maximum Gasteiger partial charge on any atom is 0.416 e. The fourth-order valence-corrected chi connectivity index (χ4v) is 4.74. The maximum atomic E-state index is 14.0. The molecule has 12 heteroatoms. The van der Waals surface area contributed by atoms with Gasteiger partial charge in [-0.2, -0.15) is 18.3 Å². The van der Waals surface area contributed by atoms with Gasteiger partial charge in [0.25, 0.3) is 0 Å². The molecule has 4 heterocycles. The summed E-state index contributed by atoms with van der Waals surface area (Å²) in [6.07, 6.45) is 0.467. The molecular weight excluding hydrogens is 468 g/mol. The number of alkyl halides is 3. The lowest BCUT2D eigenvalue weighted by Gasteiger charge is -2.28. The van der Waals surface area contributed by atoms with Crippen LogP contribution < -0.4 is 10.2 Å². The molecule has 2 fully saturated rings. The van der Waals surface area contributed by atoms with E-state index < -0.39 is 29.6 Å². The highest BCUT2D eigenvalue weighted by atomic mass is 19.4. The van der Waals surface area contributed by atoms with E-state index in [0.29, 0.717) is 55.9 Å². The number of anilines is 2. The molecule has 0 bridgehead atoms. The molecule has 0 unspecified atom stereocenters. The topological polar surface area (TPSA) is 82.8 Å². The van der Waals surface area contributed by atoms with E-state index in [4.69, 9.17) is 0 Å². The molecule has 5 rings (SSSR count). The number of urea groups is 1. The van der Waals surface area contributed by atoms with E-state index in [-0.39, 0.29) is 17.9 Å². The highest BCUT2D eigenvalue weighted by Crippen LogP contribution is 2.42. The quantitative estimate of drug-likeness (QED) is 0.550. The van der Waals surface area contributed by atoms with Crippen molar-refractivity contribution in [3.05, 3.63) is 53.6 Å². The zero-order valence-corrected chi connectivity index (χ0v) is 18.6. The van der Waals surface area contributed by atoms with Crippen molar-refractivity contribution in [2.45, 2.75) is 37.9 Å². The number of carbonyl (C=O) groups excluding carboxylic acids is 2. The number of rotatable bonds is 3. The van der Waals surface area contributed by atoms with Gasteiger partial charge in [-0.15, -0.1) is 0 Å². The van der Waals surface area contributed by atoms with Crippen LogP contribution in [0.1, 0.15) is 42.9 Å². The standard InChI is InChI=1S/C23H22F4N6O2/c24-14-5-6-17(23(25,26)27)16(11-14)19-4-2-9-32(19)20-7-10-33-21(30-20)18(12-28-33)29-22(35)31-8-1-3-15(34)13-31/h5-7,10-12,19H,1-4,8-9,13H2,(H,29,35)/t19-/m1/s1. The third-order valence-corrected chi connectivity index (χ3v) is 6.36. The van der Waals surface area contributed by atoms with Crippen LogP contribution in [0.3, 0.4) is 0 Å². The minimum absolute atomic E-state index is 0.0117. The number of aromatic nitrogens is 3. The number of halogens is 4. The van der Waals surface area contributed by atoms with Crippen molar-refractivity contribution in [3.8, 4) is 0 Å². The molecule has 1 atom stereocenters. The van der Waals surface area contributed by atoms with Crippen LogP contribution in [0.15, 0.2) is 36.7 Å². The lowest BCUT2D eigenvalue weighted by Crippen LogP contribution is -2.42. The number of Topliss-reactive ketones (excluding diaryl/α,β-unsaturated/α-hetero) is 1. The summed E-state index contributed by atoms with van der Waals surface area (Å²) in [4.78, 5) is 32.0. The Morgan fingerprint density at radius 3 is 2.74 bits per heavy atom. The van der Waals surface area contributed by atoms with E-state index in [0.717, 1.165) is 18.2 Å². The Morgan fingerprint density at radius 2 is 1.97 bits per heavy atom. The van der Waals surface area contributed by atoms with Crippen LogP contribution in [0.2, 0.25) is 0 Å². The molecule has 184 valence electrons. The van der Waals surface area contributed by atoms with E-state index in [1.807, 2.05) is 0 Å². The summed E-state index contributed by atoms with van der Waals surface area (Å²) in [5.41, 5.74) is -0.383. The van der Waals surface area contributed by atoms with E-state index in [2.05, 4.69) is 15.4 Å². The van der Waals surface area contributed by atoms with E-state index in [1.54, 1.807) is 17.2 Å². The van der Waals surface area contributed by atoms with Gasteiger partial charge in [0, 0.05) is 25.7 Å². The van der Waals surface area contributed by atoms with Gasteiger partial charge < -0.3 is 15.1 Å². The SMILES string of the molecule is O=C1CCCN(C(=O)Nc2cnn3ccc(N4CCC[C@@H]4c4cc(F)ccc4C(F)(F)F)nc23)C1. The van der Waals surface area contributed by atoms with Gasteiger partial charge in [0.1, 0.15) is 17.3 Å². The van der Waals surface area contributed by atoms with Gasteiger partial charge in [0.15, 0.2) is 11.4 Å². The average Bonchev–Trinajstić information content (AvgIpc) is 3.45. The van der Waals surface area contributed by atoms with Gasteiger partial charge in [0.05, 0.1) is 24.3 Å². The van der Waals surface area contributed by atoms with Crippen molar-refractivity contribution in [2.24, 2.45) is 0 Å². The highest BCUT2D eigenvalue weighted by molar-refractivity contribution is 5.96. The number of amides is 2. The molecule has 0 spiro atoms. The van der Waals surface area contributed by atoms with Crippen LogP contribution in [0.4, 0.5) is 33.9 Å². The summed E-state index contributed by atoms with van der Waals surface area (Å²) >= 11 is 0. The molecule has 2 amide bonds. The maximum absolute atomic E-state index is 14.0. The molecule has 2 aromatic heterocycles. The van der Waals surface area contributed by atoms with Crippen molar-refractivity contribution < 1.29 is 27.2 Å². The zero-order valence-electron chi connectivity index (χ0n) is 18.6. The summed E-state index contributed by atoms with van der Waals surface area (Å²) in [5.74, 6) is -0.357. The number of nitrogens with zero attached hydrogens (tertiary/aromatic N) is 5. The third-order valence-electron chi connectivity index (χ3n) is 6.36. The number of hydrogen-bond donors (Lipinski definition) is 1. The monoisotopic (exact) mass is 490 g/mol. The molecule has 2 aliphatic heterocycles. The largest absolute Gasteiger partial charge is 0.416 e. The Bertz CT molecular complexity index is 1290. The minimum atomic E-state index is -4.62. The van der Waals surface area contributed by atoms with Crippen LogP contribution in [0.25, 0.3) is 5.65 Å². The Kier molecular flexibility index (Phi) is 5.81. The van der Waals surface area contributed by atoms with Crippen molar-refractivity contribution in [3.63, 3.8) is 0 Å². The number of piperidine rings is 1. The normalized spacial score (nSPS) is 19.0. The smallest absolute Gasteiger partial charge is 0.349 e. The Balaban J connectivity index is 1.45. The van der Waals surface area contributed by atoms with Crippen LogP contribution in [0.5, 0.6) is 0 Å². The zero-order chi connectivity index (χ0) is 24.7. The summed E-state index contributed by atoms with van der Waals surface area (Å²) in [6.45, 7) is 0.932. The summed E-state index contributed by atoms with van der Waals surface area (Å²) in [6, 6.07) is 2.99. The van der Waals surface area contributed by atoms with Gasteiger partial charge in [0.2, 0.25) is 0 Å². The van der Waals surface area contributed by atoms with Gasteiger partial charge >= 0.3 is 12.2 Å². The molecule has 0 radical (unpaired) electrons. The number of nitrogens with one attached hydrogen (secondary N) is 1. The number of likely N-dealkylation sites (tertiary alicyclic amines) is 1. The Morgan fingerprint density at radius 1 is 1.14 bits per heavy atom. The van der Waals surface area contributed by atoms with Gasteiger partial charge in [-0.05, 0) is 49.1 Å². The van der Waals surface area contributed by atoms with Crippen LogP contribution in [0, 0.1) is 5.82 Å². The molecule has 0 saturated carbocycles. The fourth-order valence-electron chi connectivity index (χ4n) is 4.74. The molecule has 0 aliphatic carbocycles. The molecule has 1 aromatic carbocycles. The number of hydrogen-bond acceptors (Lipinski definition) is 5. The molecule has 35 heavy (non-hydrogen) atoms. The number of carbonyl (C=O) groups is 2. The minimum Gasteiger partial charge on any atom is -0.349 e. The van der Waals surface area contributed by atoms with Gasteiger partial charge in [-0.25, -0.2) is 18.7 Å². The Hall–Kier alpha value is -3.70. The first kappa shape index (κ1) is 23.1. The highest BCUT2D eigenvalue weighted by Gasteiger charge is 2.38. The predicted octanol–water partition coefficient (Wildman–Crippen LogP) is 4.43. The van der Waals surface area contributed by atoms with E-state index >= 15 is 0 Å². The first-order chi connectivity index (χ1) is 16.7. The lowest BCUT2D eigenvalue weighted by atomic mass is 9.97. The summed E-state index contributed by atoms with van der Waals surface area (Å²) in [5, 5.41) is 6.90. The van der Waals surface area contributed by atoms with Crippen molar-refractivity contribution in [1.82, 2.24) is 19.5 Å².